The zero-order valence-electron chi connectivity index (χ0n) is 11.6. The molecule has 1 aliphatic heterocycles. The first kappa shape index (κ1) is 13.6. The van der Waals surface area contributed by atoms with E-state index in [1.165, 1.54) is 12.5 Å². The number of benzene rings is 1. The predicted molar refractivity (Wildman–Crippen MR) is 74.9 cm³/mol. The normalized spacial score (nSPS) is 15.3. The second kappa shape index (κ2) is 5.43. The first-order valence-corrected chi connectivity index (χ1v) is 6.63. The number of nitrogens with one attached hydrogen (secondary N) is 1. The summed E-state index contributed by atoms with van der Waals surface area (Å²) in [6.07, 6.45) is 0. The molecule has 0 bridgehead atoms. The lowest BCUT2D eigenvalue weighted by atomic mass is 9.99. The molecule has 2 amide bonds. The van der Waals surface area contributed by atoms with Gasteiger partial charge in [-0.25, -0.2) is 0 Å². The van der Waals surface area contributed by atoms with Crippen molar-refractivity contribution in [2.24, 2.45) is 5.92 Å². The molecule has 0 saturated carbocycles. The molecule has 4 heteroatoms. The van der Waals surface area contributed by atoms with Crippen LogP contribution < -0.4 is 5.32 Å². The van der Waals surface area contributed by atoms with E-state index in [-0.39, 0.29) is 17.7 Å². The highest BCUT2D eigenvalue weighted by Crippen LogP contribution is 2.20. The minimum Gasteiger partial charge on any atom is -0.341 e. The Morgan fingerprint density at radius 1 is 1.21 bits per heavy atom. The lowest BCUT2D eigenvalue weighted by Gasteiger charge is -2.37. The lowest BCUT2D eigenvalue weighted by molar-refractivity contribution is -0.139. The standard InChI is InChI=1S/C15H20N2O2/c1-10(2)12-4-6-14(7-5-12)16-15(19)13-8-17(9-13)11(3)18/h4-7,10,13H,8-9H2,1-3H3,(H,16,19). The first-order chi connectivity index (χ1) is 8.97. The van der Waals surface area contributed by atoms with E-state index in [1.807, 2.05) is 24.3 Å². The Morgan fingerprint density at radius 3 is 2.26 bits per heavy atom. The Kier molecular flexibility index (Phi) is 3.88. The Balaban J connectivity index is 1.88. The molecule has 1 aliphatic rings. The van der Waals surface area contributed by atoms with Crippen molar-refractivity contribution in [1.29, 1.82) is 0 Å². The number of hydrogen-bond donors (Lipinski definition) is 1. The fourth-order valence-electron chi connectivity index (χ4n) is 2.10. The maximum Gasteiger partial charge on any atom is 0.231 e. The van der Waals surface area contributed by atoms with Crippen LogP contribution in [-0.2, 0) is 9.59 Å². The van der Waals surface area contributed by atoms with E-state index in [2.05, 4.69) is 19.2 Å². The molecule has 0 unspecified atom stereocenters. The number of anilines is 1. The maximum absolute atomic E-state index is 11.9. The molecule has 2 rings (SSSR count). The summed E-state index contributed by atoms with van der Waals surface area (Å²) in [6, 6.07) is 7.91. The van der Waals surface area contributed by atoms with Crippen LogP contribution in [0.2, 0.25) is 0 Å². The maximum atomic E-state index is 11.9. The number of likely N-dealkylation sites (tertiary alicyclic amines) is 1. The highest BCUT2D eigenvalue weighted by molar-refractivity contribution is 5.94. The smallest absolute Gasteiger partial charge is 0.231 e. The van der Waals surface area contributed by atoms with Gasteiger partial charge in [-0.15, -0.1) is 0 Å². The topological polar surface area (TPSA) is 49.4 Å². The van der Waals surface area contributed by atoms with Gasteiger partial charge in [-0.3, -0.25) is 9.59 Å². The molecule has 1 aromatic carbocycles. The van der Waals surface area contributed by atoms with Crippen LogP contribution in [0.5, 0.6) is 0 Å². The molecule has 0 atom stereocenters. The molecule has 0 aromatic heterocycles. The van der Waals surface area contributed by atoms with Crippen LogP contribution in [0.25, 0.3) is 0 Å². The van der Waals surface area contributed by atoms with Gasteiger partial charge in [0.1, 0.15) is 0 Å². The molecule has 1 saturated heterocycles. The van der Waals surface area contributed by atoms with Gasteiger partial charge in [0.2, 0.25) is 11.8 Å². The van der Waals surface area contributed by atoms with Crippen molar-refractivity contribution in [1.82, 2.24) is 4.90 Å². The summed E-state index contributed by atoms with van der Waals surface area (Å²) in [7, 11) is 0. The van der Waals surface area contributed by atoms with E-state index in [9.17, 15) is 9.59 Å². The summed E-state index contributed by atoms with van der Waals surface area (Å²) in [5, 5.41) is 2.89. The molecule has 1 aromatic rings. The molecule has 4 nitrogen and oxygen atoms in total. The fraction of sp³-hybridized carbons (Fsp3) is 0.467. The van der Waals surface area contributed by atoms with Crippen molar-refractivity contribution in [3.63, 3.8) is 0 Å². The van der Waals surface area contributed by atoms with Gasteiger partial charge in [-0.05, 0) is 23.6 Å². The van der Waals surface area contributed by atoms with E-state index in [4.69, 9.17) is 0 Å². The number of carbonyl (C=O) groups is 2. The van der Waals surface area contributed by atoms with Gasteiger partial charge in [0, 0.05) is 25.7 Å². The average Bonchev–Trinajstić information content (AvgIpc) is 2.26. The van der Waals surface area contributed by atoms with E-state index in [0.717, 1.165) is 5.69 Å². The van der Waals surface area contributed by atoms with E-state index >= 15 is 0 Å². The molecule has 1 heterocycles. The average molecular weight is 260 g/mol. The quantitative estimate of drug-likeness (QED) is 0.906. The molecule has 0 radical (unpaired) electrons. The van der Waals surface area contributed by atoms with Crippen molar-refractivity contribution in [3.05, 3.63) is 29.8 Å². The highest BCUT2D eigenvalue weighted by atomic mass is 16.2. The second-order valence-corrected chi connectivity index (χ2v) is 5.39. The van der Waals surface area contributed by atoms with Crippen LogP contribution in [0.1, 0.15) is 32.3 Å². The SMILES string of the molecule is CC(=O)N1CC(C(=O)Nc2ccc(C(C)C)cc2)C1. The fourth-order valence-corrected chi connectivity index (χ4v) is 2.10. The van der Waals surface area contributed by atoms with Crippen LogP contribution in [0.3, 0.4) is 0 Å². The third-order valence-corrected chi connectivity index (χ3v) is 3.54. The number of carbonyl (C=O) groups excluding carboxylic acids is 2. The van der Waals surface area contributed by atoms with Crippen molar-refractivity contribution in [2.45, 2.75) is 26.7 Å². The van der Waals surface area contributed by atoms with Crippen LogP contribution >= 0.6 is 0 Å². The van der Waals surface area contributed by atoms with Crippen molar-refractivity contribution in [2.75, 3.05) is 18.4 Å². The summed E-state index contributed by atoms with van der Waals surface area (Å²) in [5.41, 5.74) is 2.07. The lowest BCUT2D eigenvalue weighted by Crippen LogP contribution is -2.53. The molecule has 0 spiro atoms. The summed E-state index contributed by atoms with van der Waals surface area (Å²) >= 11 is 0. The van der Waals surface area contributed by atoms with Gasteiger partial charge in [-0.1, -0.05) is 26.0 Å². The highest BCUT2D eigenvalue weighted by Gasteiger charge is 2.33. The zero-order chi connectivity index (χ0) is 14.0. The Morgan fingerprint density at radius 2 is 1.79 bits per heavy atom. The number of hydrogen-bond acceptors (Lipinski definition) is 2. The van der Waals surface area contributed by atoms with E-state index < -0.39 is 0 Å². The van der Waals surface area contributed by atoms with Gasteiger partial charge in [0.25, 0.3) is 0 Å². The molecule has 102 valence electrons. The third kappa shape index (κ3) is 3.13. The Hall–Kier alpha value is -1.84. The third-order valence-electron chi connectivity index (χ3n) is 3.54. The minimum atomic E-state index is -0.0753. The molecule has 1 fully saturated rings. The van der Waals surface area contributed by atoms with Gasteiger partial charge in [-0.2, -0.15) is 0 Å². The predicted octanol–water partition coefficient (Wildman–Crippen LogP) is 2.23. The Bertz CT molecular complexity index is 473. The van der Waals surface area contributed by atoms with Crippen LogP contribution in [0.15, 0.2) is 24.3 Å². The summed E-state index contributed by atoms with van der Waals surface area (Å²) in [5.74, 6) is 0.439. The van der Waals surface area contributed by atoms with E-state index in [1.54, 1.807) is 4.90 Å². The molecule has 19 heavy (non-hydrogen) atoms. The van der Waals surface area contributed by atoms with Crippen molar-refractivity contribution in [3.8, 4) is 0 Å². The van der Waals surface area contributed by atoms with Gasteiger partial charge < -0.3 is 10.2 Å². The number of amides is 2. The zero-order valence-corrected chi connectivity index (χ0v) is 11.6. The van der Waals surface area contributed by atoms with E-state index in [0.29, 0.717) is 19.0 Å². The van der Waals surface area contributed by atoms with Crippen molar-refractivity contribution >= 4 is 17.5 Å². The first-order valence-electron chi connectivity index (χ1n) is 6.63. The number of rotatable bonds is 3. The molecule has 0 aliphatic carbocycles. The monoisotopic (exact) mass is 260 g/mol. The summed E-state index contributed by atoms with van der Waals surface area (Å²) in [4.78, 5) is 24.7. The van der Waals surface area contributed by atoms with Gasteiger partial charge in [0.15, 0.2) is 0 Å². The van der Waals surface area contributed by atoms with Gasteiger partial charge >= 0.3 is 0 Å². The summed E-state index contributed by atoms with van der Waals surface area (Å²) in [6.45, 7) is 6.87. The Labute approximate surface area is 113 Å². The van der Waals surface area contributed by atoms with Crippen LogP contribution in [-0.4, -0.2) is 29.8 Å². The second-order valence-electron chi connectivity index (χ2n) is 5.39. The molecular weight excluding hydrogens is 240 g/mol. The van der Waals surface area contributed by atoms with Gasteiger partial charge in [0.05, 0.1) is 5.92 Å². The number of nitrogens with zero attached hydrogens (tertiary/aromatic N) is 1. The molecular formula is C15H20N2O2. The van der Waals surface area contributed by atoms with Crippen LogP contribution in [0, 0.1) is 5.92 Å². The minimum absolute atomic E-state index is 0.00482. The summed E-state index contributed by atoms with van der Waals surface area (Å²) < 4.78 is 0. The molecule has 1 N–H and O–H groups in total. The largest absolute Gasteiger partial charge is 0.341 e. The van der Waals surface area contributed by atoms with Crippen molar-refractivity contribution < 1.29 is 9.59 Å². The van der Waals surface area contributed by atoms with Crippen LogP contribution in [0.4, 0.5) is 5.69 Å².